The lowest BCUT2D eigenvalue weighted by molar-refractivity contribution is -0.122. The van der Waals surface area contributed by atoms with Crippen LogP contribution in [-0.2, 0) is 4.79 Å². The van der Waals surface area contributed by atoms with E-state index < -0.39 is 5.82 Å². The molecule has 2 atom stereocenters. The zero-order valence-corrected chi connectivity index (χ0v) is 14.6. The molecule has 5 nitrogen and oxygen atoms in total. The minimum atomic E-state index is -0.392. The van der Waals surface area contributed by atoms with E-state index in [2.05, 4.69) is 16.0 Å². The highest BCUT2D eigenvalue weighted by Gasteiger charge is 2.34. The maximum Gasteiger partial charge on any atom is 0.251 e. The normalized spacial score (nSPS) is 24.8. The summed E-state index contributed by atoms with van der Waals surface area (Å²) in [5.74, 6) is -0.217. The Kier molecular flexibility index (Phi) is 5.68. The quantitative estimate of drug-likeness (QED) is 0.689. The maximum atomic E-state index is 13.5. The Bertz CT molecular complexity index is 638. The number of hydrogen-bond acceptors (Lipinski definition) is 3. The van der Waals surface area contributed by atoms with Crippen LogP contribution in [0.5, 0.6) is 0 Å². The molecule has 0 spiro atoms. The summed E-state index contributed by atoms with van der Waals surface area (Å²) in [5, 5.41) is 9.13. The van der Waals surface area contributed by atoms with Crippen LogP contribution < -0.4 is 16.0 Å². The number of amides is 2. The zero-order chi connectivity index (χ0) is 17.8. The lowest BCUT2D eigenvalue weighted by Crippen LogP contribution is -2.40. The molecule has 0 saturated carbocycles. The summed E-state index contributed by atoms with van der Waals surface area (Å²) in [6.07, 6.45) is 5.19. The van der Waals surface area contributed by atoms with E-state index in [4.69, 9.17) is 0 Å². The second kappa shape index (κ2) is 7.95. The first kappa shape index (κ1) is 17.9. The molecule has 2 heterocycles. The lowest BCUT2D eigenvalue weighted by atomic mass is 9.89. The highest BCUT2D eigenvalue weighted by Crippen LogP contribution is 2.32. The van der Waals surface area contributed by atoms with Gasteiger partial charge in [0.15, 0.2) is 0 Å². The largest absolute Gasteiger partial charge is 0.354 e. The second-order valence-corrected chi connectivity index (χ2v) is 7.25. The number of carbonyl (C=O) groups excluding carboxylic acids is 2. The van der Waals surface area contributed by atoms with Crippen molar-refractivity contribution in [3.05, 3.63) is 35.1 Å². The molecule has 2 aliphatic rings. The molecule has 0 aliphatic carbocycles. The molecule has 2 fully saturated rings. The summed E-state index contributed by atoms with van der Waals surface area (Å²) in [6.45, 7) is 2.37. The van der Waals surface area contributed by atoms with Gasteiger partial charge in [0.2, 0.25) is 5.91 Å². The fourth-order valence-corrected chi connectivity index (χ4v) is 3.89. The van der Waals surface area contributed by atoms with Gasteiger partial charge in [0.25, 0.3) is 5.91 Å². The number of benzene rings is 1. The van der Waals surface area contributed by atoms with Crippen LogP contribution in [0.3, 0.4) is 0 Å². The van der Waals surface area contributed by atoms with Crippen molar-refractivity contribution in [2.75, 3.05) is 13.1 Å². The van der Waals surface area contributed by atoms with E-state index in [0.29, 0.717) is 48.6 Å². The van der Waals surface area contributed by atoms with E-state index in [1.165, 1.54) is 18.9 Å². The van der Waals surface area contributed by atoms with Crippen LogP contribution in [0.2, 0.25) is 0 Å². The zero-order valence-electron chi connectivity index (χ0n) is 14.6. The number of rotatable bonds is 6. The van der Waals surface area contributed by atoms with Gasteiger partial charge >= 0.3 is 0 Å². The first-order valence-corrected chi connectivity index (χ1v) is 9.08. The molecular weight excluding hydrogens is 321 g/mol. The first-order valence-electron chi connectivity index (χ1n) is 9.08. The van der Waals surface area contributed by atoms with Gasteiger partial charge < -0.3 is 16.0 Å². The Balaban J connectivity index is 1.34. The molecular formula is C19H26FN3O2. The van der Waals surface area contributed by atoms with Crippen molar-refractivity contribution < 1.29 is 14.0 Å². The van der Waals surface area contributed by atoms with Crippen molar-refractivity contribution in [2.24, 2.45) is 5.92 Å². The summed E-state index contributed by atoms with van der Waals surface area (Å²) in [7, 11) is 0. The van der Waals surface area contributed by atoms with Gasteiger partial charge in [0, 0.05) is 37.2 Å². The predicted octanol–water partition coefficient (Wildman–Crippen LogP) is 1.90. The fourth-order valence-electron chi connectivity index (χ4n) is 3.89. The van der Waals surface area contributed by atoms with E-state index in [9.17, 15) is 14.0 Å². The lowest BCUT2D eigenvalue weighted by Gasteiger charge is -2.28. The van der Waals surface area contributed by atoms with Gasteiger partial charge in [0.1, 0.15) is 5.82 Å². The van der Waals surface area contributed by atoms with Crippen LogP contribution in [0.25, 0.3) is 0 Å². The van der Waals surface area contributed by atoms with E-state index in [0.717, 1.165) is 12.8 Å². The van der Waals surface area contributed by atoms with Crippen molar-refractivity contribution in [1.82, 2.24) is 16.0 Å². The smallest absolute Gasteiger partial charge is 0.251 e. The average Bonchev–Trinajstić information content (AvgIpc) is 2.92. The van der Waals surface area contributed by atoms with Crippen molar-refractivity contribution in [1.29, 1.82) is 0 Å². The monoisotopic (exact) mass is 347 g/mol. The topological polar surface area (TPSA) is 70.2 Å². The molecule has 2 unspecified atom stereocenters. The molecule has 1 aromatic rings. The number of nitrogens with one attached hydrogen (secondary N) is 3. The highest BCUT2D eigenvalue weighted by molar-refractivity contribution is 5.94. The van der Waals surface area contributed by atoms with Crippen LogP contribution in [0.1, 0.15) is 48.0 Å². The number of hydrogen-bond donors (Lipinski definition) is 3. The first-order chi connectivity index (χ1) is 12.0. The average molecular weight is 347 g/mol. The van der Waals surface area contributed by atoms with Gasteiger partial charge in [-0.15, -0.1) is 0 Å². The Morgan fingerprint density at radius 2 is 1.84 bits per heavy atom. The van der Waals surface area contributed by atoms with Gasteiger partial charge in [-0.2, -0.15) is 0 Å². The van der Waals surface area contributed by atoms with Crippen LogP contribution in [0.15, 0.2) is 18.2 Å². The van der Waals surface area contributed by atoms with Crippen molar-refractivity contribution in [2.45, 2.75) is 51.1 Å². The van der Waals surface area contributed by atoms with Gasteiger partial charge in [-0.05, 0) is 56.2 Å². The van der Waals surface area contributed by atoms with E-state index in [-0.39, 0.29) is 11.8 Å². The summed E-state index contributed by atoms with van der Waals surface area (Å²) >= 11 is 0. The molecule has 2 saturated heterocycles. The van der Waals surface area contributed by atoms with Crippen LogP contribution >= 0.6 is 0 Å². The van der Waals surface area contributed by atoms with E-state index in [1.807, 2.05) is 0 Å². The third-order valence-corrected chi connectivity index (χ3v) is 5.21. The molecule has 0 aromatic heterocycles. The summed E-state index contributed by atoms with van der Waals surface area (Å²) in [4.78, 5) is 24.0. The SMILES string of the molecule is Cc1ccc(C(=O)NCCNC(=O)CC2CC3CCC(C2)N3)cc1F. The minimum Gasteiger partial charge on any atom is -0.354 e. The molecule has 1 aromatic carbocycles. The third-order valence-electron chi connectivity index (χ3n) is 5.21. The molecule has 6 heteroatoms. The van der Waals surface area contributed by atoms with Crippen LogP contribution in [0.4, 0.5) is 4.39 Å². The van der Waals surface area contributed by atoms with Gasteiger partial charge in [-0.1, -0.05) is 6.07 Å². The van der Waals surface area contributed by atoms with Crippen molar-refractivity contribution in [3.8, 4) is 0 Å². The van der Waals surface area contributed by atoms with Crippen LogP contribution in [0, 0.1) is 18.7 Å². The van der Waals surface area contributed by atoms with Gasteiger partial charge in [0.05, 0.1) is 0 Å². The van der Waals surface area contributed by atoms with Gasteiger partial charge in [-0.25, -0.2) is 4.39 Å². The molecule has 2 aliphatic heterocycles. The Morgan fingerprint density at radius 3 is 2.52 bits per heavy atom. The molecule has 3 N–H and O–H groups in total. The Labute approximate surface area is 147 Å². The van der Waals surface area contributed by atoms with E-state index in [1.54, 1.807) is 19.1 Å². The molecule has 25 heavy (non-hydrogen) atoms. The second-order valence-electron chi connectivity index (χ2n) is 7.25. The number of halogens is 1. The van der Waals surface area contributed by atoms with Gasteiger partial charge in [-0.3, -0.25) is 9.59 Å². The number of carbonyl (C=O) groups is 2. The maximum absolute atomic E-state index is 13.5. The Morgan fingerprint density at radius 1 is 1.16 bits per heavy atom. The van der Waals surface area contributed by atoms with E-state index >= 15 is 0 Å². The predicted molar refractivity (Wildman–Crippen MR) is 93.8 cm³/mol. The van der Waals surface area contributed by atoms with Crippen molar-refractivity contribution in [3.63, 3.8) is 0 Å². The standard InChI is InChI=1S/C19H26FN3O2/c1-12-2-3-14(11-17(12)20)19(25)22-7-6-21-18(24)10-13-8-15-4-5-16(9-13)23-15/h2-3,11,13,15-16,23H,4-10H2,1H3,(H,21,24)(H,22,25). The summed E-state index contributed by atoms with van der Waals surface area (Å²) < 4.78 is 13.5. The van der Waals surface area contributed by atoms with Crippen molar-refractivity contribution >= 4 is 11.8 Å². The number of piperidine rings is 1. The summed E-state index contributed by atoms with van der Waals surface area (Å²) in [6, 6.07) is 5.58. The minimum absolute atomic E-state index is 0.0435. The Hall–Kier alpha value is -1.95. The molecule has 136 valence electrons. The third kappa shape index (κ3) is 4.78. The molecule has 2 bridgehead atoms. The number of aryl methyl sites for hydroxylation is 1. The molecule has 2 amide bonds. The molecule has 0 radical (unpaired) electrons. The number of fused-ring (bicyclic) bond motifs is 2. The highest BCUT2D eigenvalue weighted by atomic mass is 19.1. The summed E-state index contributed by atoms with van der Waals surface area (Å²) in [5.41, 5.74) is 0.801. The van der Waals surface area contributed by atoms with Crippen LogP contribution in [-0.4, -0.2) is 37.0 Å². The molecule has 3 rings (SSSR count). The fraction of sp³-hybridized carbons (Fsp3) is 0.579.